The fraction of sp³-hybridized carbons (Fsp3) is 0.143. The zero-order chi connectivity index (χ0) is 13.8. The van der Waals surface area contributed by atoms with Gasteiger partial charge >= 0.3 is 5.97 Å². The van der Waals surface area contributed by atoms with Gasteiger partial charge in [-0.2, -0.15) is 0 Å². The molecule has 0 saturated carbocycles. The molecule has 0 aliphatic rings. The molecular weight excluding hydrogens is 308 g/mol. The minimum absolute atomic E-state index is 0.253. The van der Waals surface area contributed by atoms with Gasteiger partial charge in [0.05, 0.1) is 11.3 Å². The number of halogens is 1. The maximum absolute atomic E-state index is 11.1. The van der Waals surface area contributed by atoms with Crippen LogP contribution in [0.25, 0.3) is 0 Å². The highest BCUT2D eigenvalue weighted by atomic mass is 79.9. The Hall–Kier alpha value is -1.88. The second-order valence-electron chi connectivity index (χ2n) is 4.16. The monoisotopic (exact) mass is 320 g/mol. The van der Waals surface area contributed by atoms with Crippen molar-refractivity contribution in [1.29, 1.82) is 0 Å². The Morgan fingerprint density at radius 3 is 2.79 bits per heavy atom. The molecule has 2 rings (SSSR count). The first-order chi connectivity index (χ1) is 9.06. The molecule has 4 nitrogen and oxygen atoms in total. The number of carboxylic acids is 1. The molecule has 5 heteroatoms. The first kappa shape index (κ1) is 13.5. The lowest BCUT2D eigenvalue weighted by atomic mass is 10.1. The molecule has 1 heterocycles. The molecule has 0 spiro atoms. The zero-order valence-electron chi connectivity index (χ0n) is 10.4. The third kappa shape index (κ3) is 3.54. The Morgan fingerprint density at radius 2 is 2.16 bits per heavy atom. The second kappa shape index (κ2) is 5.84. The fourth-order valence-electron chi connectivity index (χ4n) is 1.65. The zero-order valence-corrected chi connectivity index (χ0v) is 11.9. The summed E-state index contributed by atoms with van der Waals surface area (Å²) in [5.74, 6) is -0.947. The van der Waals surface area contributed by atoms with E-state index < -0.39 is 5.97 Å². The van der Waals surface area contributed by atoms with Crippen LogP contribution in [0.15, 0.2) is 41.0 Å². The summed E-state index contributed by atoms with van der Waals surface area (Å²) in [6, 6.07) is 8.93. The largest absolute Gasteiger partial charge is 0.478 e. The van der Waals surface area contributed by atoms with E-state index in [4.69, 9.17) is 5.11 Å². The number of carboxylic acid groups (broad SMARTS) is 1. The summed E-state index contributed by atoms with van der Waals surface area (Å²) in [7, 11) is 0. The number of rotatable bonds is 4. The molecule has 0 atom stereocenters. The molecule has 0 unspecified atom stereocenters. The van der Waals surface area contributed by atoms with E-state index >= 15 is 0 Å². The predicted molar refractivity (Wildman–Crippen MR) is 77.4 cm³/mol. The van der Waals surface area contributed by atoms with Crippen LogP contribution in [-0.2, 0) is 6.54 Å². The van der Waals surface area contributed by atoms with Crippen LogP contribution in [0, 0.1) is 6.92 Å². The number of carbonyl (C=O) groups is 1. The maximum atomic E-state index is 11.1. The van der Waals surface area contributed by atoms with Crippen molar-refractivity contribution >= 4 is 27.6 Å². The molecule has 0 bridgehead atoms. The van der Waals surface area contributed by atoms with Gasteiger partial charge in [0, 0.05) is 22.9 Å². The third-order valence-corrected chi connectivity index (χ3v) is 3.16. The average Bonchev–Trinajstić information content (AvgIpc) is 2.38. The number of hydrogen-bond donors (Lipinski definition) is 2. The van der Waals surface area contributed by atoms with Crippen molar-refractivity contribution in [3.63, 3.8) is 0 Å². The number of anilines is 1. The number of aryl methyl sites for hydroxylation is 1. The standard InChI is InChI=1S/C14H13BrN2O2/c1-9-2-3-10(7-16-9)8-17-13-6-11(15)4-5-12(13)14(18)19/h2-7,17H,8H2,1H3,(H,18,19). The Bertz CT molecular complexity index is 597. The Labute approximate surface area is 119 Å². The quantitative estimate of drug-likeness (QED) is 0.905. The number of hydrogen-bond acceptors (Lipinski definition) is 3. The number of aromatic nitrogens is 1. The molecular formula is C14H13BrN2O2. The second-order valence-corrected chi connectivity index (χ2v) is 5.07. The highest BCUT2D eigenvalue weighted by Gasteiger charge is 2.10. The van der Waals surface area contributed by atoms with Gasteiger partial charge in [0.15, 0.2) is 0 Å². The molecule has 2 N–H and O–H groups in total. The molecule has 0 amide bonds. The molecule has 0 fully saturated rings. The van der Waals surface area contributed by atoms with E-state index in [0.717, 1.165) is 15.7 Å². The van der Waals surface area contributed by atoms with Gasteiger partial charge in [-0.1, -0.05) is 22.0 Å². The summed E-state index contributed by atoms with van der Waals surface area (Å²) < 4.78 is 0.835. The summed E-state index contributed by atoms with van der Waals surface area (Å²) in [6.07, 6.45) is 1.78. The number of aromatic carboxylic acids is 1. The van der Waals surface area contributed by atoms with Gasteiger partial charge in [0.1, 0.15) is 0 Å². The van der Waals surface area contributed by atoms with Crippen molar-refractivity contribution in [3.05, 3.63) is 57.8 Å². The van der Waals surface area contributed by atoms with Gasteiger partial charge in [-0.15, -0.1) is 0 Å². The van der Waals surface area contributed by atoms with Gasteiger partial charge in [0.25, 0.3) is 0 Å². The smallest absolute Gasteiger partial charge is 0.337 e. The first-order valence-electron chi connectivity index (χ1n) is 5.74. The topological polar surface area (TPSA) is 62.2 Å². The minimum Gasteiger partial charge on any atom is -0.478 e. The van der Waals surface area contributed by atoms with E-state index in [1.54, 1.807) is 24.4 Å². The summed E-state index contributed by atoms with van der Waals surface area (Å²) in [6.45, 7) is 2.46. The molecule has 0 aliphatic carbocycles. The van der Waals surface area contributed by atoms with Crippen LogP contribution in [0.2, 0.25) is 0 Å². The molecule has 0 radical (unpaired) electrons. The van der Waals surface area contributed by atoms with E-state index in [-0.39, 0.29) is 5.56 Å². The SMILES string of the molecule is Cc1ccc(CNc2cc(Br)ccc2C(=O)O)cn1. The molecule has 98 valence electrons. The normalized spacial score (nSPS) is 10.2. The van der Waals surface area contributed by atoms with Crippen molar-refractivity contribution in [2.75, 3.05) is 5.32 Å². The lowest BCUT2D eigenvalue weighted by Gasteiger charge is -2.10. The van der Waals surface area contributed by atoms with Gasteiger partial charge in [-0.25, -0.2) is 4.79 Å². The van der Waals surface area contributed by atoms with Crippen LogP contribution in [0.3, 0.4) is 0 Å². The van der Waals surface area contributed by atoms with Crippen LogP contribution < -0.4 is 5.32 Å². The molecule has 0 aliphatic heterocycles. The van der Waals surface area contributed by atoms with Crippen molar-refractivity contribution in [3.8, 4) is 0 Å². The van der Waals surface area contributed by atoms with E-state index in [1.807, 2.05) is 19.1 Å². The molecule has 19 heavy (non-hydrogen) atoms. The number of benzene rings is 1. The maximum Gasteiger partial charge on any atom is 0.337 e. The Balaban J connectivity index is 2.16. The van der Waals surface area contributed by atoms with Gasteiger partial charge in [-0.3, -0.25) is 4.98 Å². The van der Waals surface area contributed by atoms with Gasteiger partial charge in [-0.05, 0) is 36.8 Å². The fourth-order valence-corrected chi connectivity index (χ4v) is 2.01. The van der Waals surface area contributed by atoms with E-state index in [9.17, 15) is 4.79 Å². The first-order valence-corrected chi connectivity index (χ1v) is 6.54. The highest BCUT2D eigenvalue weighted by Crippen LogP contribution is 2.22. The molecule has 1 aromatic carbocycles. The molecule has 0 saturated heterocycles. The lowest BCUT2D eigenvalue weighted by molar-refractivity contribution is 0.0698. The average molecular weight is 321 g/mol. The van der Waals surface area contributed by atoms with Crippen LogP contribution in [0.1, 0.15) is 21.6 Å². The highest BCUT2D eigenvalue weighted by molar-refractivity contribution is 9.10. The Kier molecular flexibility index (Phi) is 4.16. The van der Waals surface area contributed by atoms with E-state index in [2.05, 4.69) is 26.2 Å². The summed E-state index contributed by atoms with van der Waals surface area (Å²) >= 11 is 3.34. The van der Waals surface area contributed by atoms with Crippen molar-refractivity contribution in [2.45, 2.75) is 13.5 Å². The number of nitrogens with one attached hydrogen (secondary N) is 1. The number of pyridine rings is 1. The van der Waals surface area contributed by atoms with Crippen molar-refractivity contribution in [2.24, 2.45) is 0 Å². The third-order valence-electron chi connectivity index (χ3n) is 2.67. The summed E-state index contributed by atoms with van der Waals surface area (Å²) in [4.78, 5) is 15.3. The van der Waals surface area contributed by atoms with Gasteiger partial charge < -0.3 is 10.4 Å². The molecule has 2 aromatic rings. The van der Waals surface area contributed by atoms with Crippen LogP contribution in [-0.4, -0.2) is 16.1 Å². The van der Waals surface area contributed by atoms with E-state index in [1.165, 1.54) is 0 Å². The van der Waals surface area contributed by atoms with Crippen molar-refractivity contribution in [1.82, 2.24) is 4.98 Å². The Morgan fingerprint density at radius 1 is 1.37 bits per heavy atom. The summed E-state index contributed by atoms with van der Waals surface area (Å²) in [5.41, 5.74) is 2.80. The van der Waals surface area contributed by atoms with Crippen LogP contribution >= 0.6 is 15.9 Å². The predicted octanol–water partition coefficient (Wildman–Crippen LogP) is 3.46. The lowest BCUT2D eigenvalue weighted by Crippen LogP contribution is -2.06. The van der Waals surface area contributed by atoms with Gasteiger partial charge in [0.2, 0.25) is 0 Å². The van der Waals surface area contributed by atoms with Crippen LogP contribution in [0.4, 0.5) is 5.69 Å². The van der Waals surface area contributed by atoms with Crippen LogP contribution in [0.5, 0.6) is 0 Å². The molecule has 1 aromatic heterocycles. The van der Waals surface area contributed by atoms with E-state index in [0.29, 0.717) is 12.2 Å². The summed E-state index contributed by atoms with van der Waals surface area (Å²) in [5, 5.41) is 12.2. The minimum atomic E-state index is -0.947. The van der Waals surface area contributed by atoms with Crippen molar-refractivity contribution < 1.29 is 9.90 Å². The number of nitrogens with zero attached hydrogens (tertiary/aromatic N) is 1.